The summed E-state index contributed by atoms with van der Waals surface area (Å²) in [6.45, 7) is 0. The number of ether oxygens (including phenoxy) is 1. The van der Waals surface area contributed by atoms with Gasteiger partial charge in [0.15, 0.2) is 11.5 Å². The molecule has 13 heteroatoms. The summed E-state index contributed by atoms with van der Waals surface area (Å²) in [6, 6.07) is 43.7. The van der Waals surface area contributed by atoms with Crippen molar-refractivity contribution in [3.8, 4) is 28.6 Å². The van der Waals surface area contributed by atoms with Gasteiger partial charge >= 0.3 is 6.01 Å². The van der Waals surface area contributed by atoms with Crippen LogP contribution in [0, 0.1) is 0 Å². The molecule has 0 bridgehead atoms. The lowest BCUT2D eigenvalue weighted by molar-refractivity contribution is 0.102. The highest BCUT2D eigenvalue weighted by atomic mass is 16.5. The molecule has 288 valence electrons. The van der Waals surface area contributed by atoms with Gasteiger partial charge < -0.3 is 36.0 Å². The fourth-order valence-corrected chi connectivity index (χ4v) is 7.07. The van der Waals surface area contributed by atoms with Crippen molar-refractivity contribution in [2.24, 2.45) is 0 Å². The van der Waals surface area contributed by atoms with E-state index in [0.29, 0.717) is 78.8 Å². The number of aromatic hydroxyl groups is 1. The molecule has 6 aromatic carbocycles. The van der Waals surface area contributed by atoms with Crippen LogP contribution in [0.2, 0.25) is 0 Å². The van der Waals surface area contributed by atoms with Crippen LogP contribution in [0.4, 0.5) is 46.2 Å². The van der Waals surface area contributed by atoms with Gasteiger partial charge in [0.05, 0.1) is 16.8 Å². The Balaban J connectivity index is 1.19. The minimum atomic E-state index is -0.464. The van der Waals surface area contributed by atoms with E-state index in [0.717, 1.165) is 5.69 Å². The second-order valence-corrected chi connectivity index (χ2v) is 13.8. The van der Waals surface area contributed by atoms with Crippen molar-refractivity contribution in [2.75, 3.05) is 40.3 Å². The number of benzene rings is 6. The molecule has 2 heterocycles. The summed E-state index contributed by atoms with van der Waals surface area (Å²) in [4.78, 5) is 48.7. The summed E-state index contributed by atoms with van der Waals surface area (Å²) >= 11 is 0. The molecule has 9 rings (SSSR count). The van der Waals surface area contributed by atoms with E-state index in [1.165, 1.54) is 0 Å². The second kappa shape index (κ2) is 15.3. The topological polar surface area (TPSA) is 167 Å². The van der Waals surface area contributed by atoms with Crippen LogP contribution in [-0.2, 0) is 0 Å². The summed E-state index contributed by atoms with van der Waals surface area (Å²) in [5.41, 5.74) is 5.63. The number of fused-ring (bicyclic) bond motifs is 2. The zero-order valence-electron chi connectivity index (χ0n) is 31.8. The average Bonchev–Trinajstić information content (AvgIpc) is 3.24. The minimum absolute atomic E-state index is 0.105. The number of carbonyl (C=O) groups is 2. The Morgan fingerprint density at radius 2 is 1.19 bits per heavy atom. The van der Waals surface area contributed by atoms with Crippen LogP contribution in [0.25, 0.3) is 22.0 Å². The third kappa shape index (κ3) is 7.27. The van der Waals surface area contributed by atoms with Crippen molar-refractivity contribution in [3.63, 3.8) is 0 Å². The summed E-state index contributed by atoms with van der Waals surface area (Å²) in [6.07, 6.45) is 0. The molecule has 0 atom stereocenters. The molecule has 0 spiro atoms. The Bertz CT molecular complexity index is 2890. The van der Waals surface area contributed by atoms with Gasteiger partial charge in [-0.15, -0.1) is 0 Å². The van der Waals surface area contributed by atoms with Crippen LogP contribution in [-0.4, -0.2) is 50.8 Å². The number of nitrogens with zero attached hydrogens (tertiary/aromatic N) is 5. The van der Waals surface area contributed by atoms with Gasteiger partial charge in [-0.1, -0.05) is 84.9 Å². The average molecular weight is 778 g/mol. The first kappa shape index (κ1) is 36.3. The number of hydrogen-bond donors (Lipinski definition) is 5. The quantitative estimate of drug-likeness (QED) is 0.0845. The minimum Gasteiger partial charge on any atom is -0.479 e. The van der Waals surface area contributed by atoms with E-state index < -0.39 is 6.01 Å². The van der Waals surface area contributed by atoms with E-state index in [-0.39, 0.29) is 23.6 Å². The number of aromatic nitrogens is 4. The normalized spacial score (nSPS) is 11.4. The fraction of sp³-hybridized carbons (Fsp3) is 0.0435. The monoisotopic (exact) mass is 777 g/mol. The smallest absolute Gasteiger partial charge is 0.320 e. The number of carbonyl (C=O) groups excluding carboxylic acids is 2. The van der Waals surface area contributed by atoms with Crippen molar-refractivity contribution in [2.45, 2.75) is 0 Å². The Labute approximate surface area is 338 Å². The molecule has 13 nitrogen and oxygen atoms in total. The Kier molecular flexibility index (Phi) is 9.43. The number of pyridine rings is 1. The molecule has 0 fully saturated rings. The van der Waals surface area contributed by atoms with Gasteiger partial charge in [-0.3, -0.25) is 9.59 Å². The first-order valence-electron chi connectivity index (χ1n) is 18.7. The molecule has 0 saturated heterocycles. The van der Waals surface area contributed by atoms with Crippen LogP contribution in [0.1, 0.15) is 26.3 Å². The second-order valence-electron chi connectivity index (χ2n) is 13.8. The number of nitrogens with one attached hydrogen (secondary N) is 4. The number of para-hydroxylation sites is 3. The van der Waals surface area contributed by atoms with Gasteiger partial charge in [0.25, 0.3) is 5.91 Å². The number of amides is 1. The van der Waals surface area contributed by atoms with Crippen LogP contribution in [0.3, 0.4) is 0 Å². The molecule has 0 aliphatic heterocycles. The highest BCUT2D eigenvalue weighted by Crippen LogP contribution is 2.49. The summed E-state index contributed by atoms with van der Waals surface area (Å²) in [5, 5.41) is 23.6. The zero-order chi connectivity index (χ0) is 40.5. The van der Waals surface area contributed by atoms with Crippen molar-refractivity contribution < 1.29 is 19.4 Å². The third-order valence-corrected chi connectivity index (χ3v) is 9.58. The standard InChI is InChI=1S/C46H35N9O4/c1-55(2)42-39(43(57)48-27-15-6-3-7-16-27)36-32-23-12-13-24-33(32)41(56)37-34(26-35(40(51-42)38(36)37)59-31-21-10-5-11-22-31)47-29-19-14-20-30(25-29)50-45-52-44(53-46(58)54-45)49-28-17-8-4-9-18-28/h3-26,47H,1-2H3,(H,48,57)(H3,49,50,52,53,54,58). The molecule has 0 radical (unpaired) electrons. The van der Waals surface area contributed by atoms with E-state index in [2.05, 4.69) is 36.2 Å². The Morgan fingerprint density at radius 1 is 0.610 bits per heavy atom. The van der Waals surface area contributed by atoms with E-state index in [1.807, 2.05) is 148 Å². The summed E-state index contributed by atoms with van der Waals surface area (Å²) in [7, 11) is 3.66. The summed E-state index contributed by atoms with van der Waals surface area (Å²) in [5.74, 6) is 0.969. The van der Waals surface area contributed by atoms with E-state index in [9.17, 15) is 14.7 Å². The molecule has 0 saturated carbocycles. The molecule has 8 aromatic rings. The van der Waals surface area contributed by atoms with Crippen LogP contribution < -0.4 is 30.9 Å². The van der Waals surface area contributed by atoms with E-state index in [4.69, 9.17) is 9.72 Å². The highest BCUT2D eigenvalue weighted by molar-refractivity contribution is 6.32. The maximum atomic E-state index is 14.8. The summed E-state index contributed by atoms with van der Waals surface area (Å²) < 4.78 is 6.57. The SMILES string of the molecule is CN(C)c1nc2c(Oc3ccccc3)cc(Nc3cccc(Nc4nc(O)nc(Nc5ccccc5)n4)c3)c3c2c(c1C(=O)Nc1ccccc1)-c1ccccc1C3=O. The van der Waals surface area contributed by atoms with Gasteiger partial charge in [-0.2, -0.15) is 15.0 Å². The van der Waals surface area contributed by atoms with Crippen LogP contribution in [0.15, 0.2) is 146 Å². The van der Waals surface area contributed by atoms with Gasteiger partial charge in [0, 0.05) is 59.4 Å². The zero-order valence-corrected chi connectivity index (χ0v) is 31.8. The lowest BCUT2D eigenvalue weighted by Crippen LogP contribution is -2.24. The van der Waals surface area contributed by atoms with Gasteiger partial charge in [0.1, 0.15) is 17.1 Å². The first-order valence-corrected chi connectivity index (χ1v) is 18.7. The van der Waals surface area contributed by atoms with Crippen molar-refractivity contribution >= 4 is 68.7 Å². The third-order valence-electron chi connectivity index (χ3n) is 9.58. The Hall–Kier alpha value is -8.32. The van der Waals surface area contributed by atoms with Crippen molar-refractivity contribution in [1.82, 2.24) is 19.9 Å². The lowest BCUT2D eigenvalue weighted by atomic mass is 9.80. The number of anilines is 8. The molecular weight excluding hydrogens is 743 g/mol. The largest absolute Gasteiger partial charge is 0.479 e. The van der Waals surface area contributed by atoms with Crippen molar-refractivity contribution in [3.05, 3.63) is 162 Å². The maximum Gasteiger partial charge on any atom is 0.320 e. The van der Waals surface area contributed by atoms with Gasteiger partial charge in [-0.05, 0) is 60.2 Å². The van der Waals surface area contributed by atoms with Crippen LogP contribution >= 0.6 is 0 Å². The van der Waals surface area contributed by atoms with E-state index >= 15 is 0 Å². The molecule has 2 aromatic heterocycles. The number of rotatable bonds is 11. The number of ketones is 1. The number of hydrogen-bond acceptors (Lipinski definition) is 12. The van der Waals surface area contributed by atoms with Gasteiger partial charge in [0.2, 0.25) is 11.9 Å². The maximum absolute atomic E-state index is 14.8. The van der Waals surface area contributed by atoms with Crippen molar-refractivity contribution in [1.29, 1.82) is 0 Å². The lowest BCUT2D eigenvalue weighted by Gasteiger charge is -2.28. The molecule has 1 aliphatic carbocycles. The molecule has 59 heavy (non-hydrogen) atoms. The van der Waals surface area contributed by atoms with Gasteiger partial charge in [-0.25, -0.2) is 4.98 Å². The highest BCUT2D eigenvalue weighted by Gasteiger charge is 2.35. The Morgan fingerprint density at radius 3 is 1.86 bits per heavy atom. The predicted molar refractivity (Wildman–Crippen MR) is 230 cm³/mol. The van der Waals surface area contributed by atoms with E-state index in [1.54, 1.807) is 17.0 Å². The van der Waals surface area contributed by atoms with Crippen LogP contribution in [0.5, 0.6) is 17.5 Å². The fourth-order valence-electron chi connectivity index (χ4n) is 7.07. The molecule has 5 N–H and O–H groups in total. The molecule has 1 aliphatic rings. The first-order chi connectivity index (χ1) is 28.8. The molecule has 0 unspecified atom stereocenters. The molecular formula is C46H35N9O4. The predicted octanol–water partition coefficient (Wildman–Crippen LogP) is 9.68. The molecule has 1 amide bonds.